The number of rotatable bonds is 3. The molecule has 1 aromatic carbocycles. The van der Waals surface area contributed by atoms with Crippen LogP contribution in [0.3, 0.4) is 0 Å². The van der Waals surface area contributed by atoms with Crippen LogP contribution in [0.5, 0.6) is 0 Å². The molecule has 122 valence electrons. The number of anilines is 2. The molecule has 4 aromatic rings. The molecule has 0 unspecified atom stereocenters. The molecule has 25 heavy (non-hydrogen) atoms. The fourth-order valence-corrected chi connectivity index (χ4v) is 3.59. The van der Waals surface area contributed by atoms with Gasteiger partial charge >= 0.3 is 0 Å². The standard InChI is InChI=1S/C16H8Cl2N6S/c17-9-5-8(7-19)6-10(18)12(9)14-22-11-1-2-20-15(13(11)23-14)24-16-21-3-4-25-16/h1-6H,(H,22,23)(H,20,21,24). The van der Waals surface area contributed by atoms with Crippen LogP contribution in [0.15, 0.2) is 36.0 Å². The van der Waals surface area contributed by atoms with Crippen molar-refractivity contribution in [2.24, 2.45) is 0 Å². The van der Waals surface area contributed by atoms with E-state index >= 15 is 0 Å². The van der Waals surface area contributed by atoms with Crippen LogP contribution in [0.2, 0.25) is 10.0 Å². The van der Waals surface area contributed by atoms with E-state index in [4.69, 9.17) is 28.5 Å². The zero-order chi connectivity index (χ0) is 17.4. The molecule has 0 bridgehead atoms. The maximum atomic E-state index is 9.01. The average Bonchev–Trinajstić information content (AvgIpc) is 3.24. The third-order valence-corrected chi connectivity index (χ3v) is 4.76. The number of nitrogens with one attached hydrogen (secondary N) is 2. The molecule has 0 atom stereocenters. The maximum Gasteiger partial charge on any atom is 0.188 e. The molecule has 0 saturated carbocycles. The number of aromatic amines is 1. The summed E-state index contributed by atoms with van der Waals surface area (Å²) in [7, 11) is 0. The van der Waals surface area contributed by atoms with Crippen LogP contribution in [-0.2, 0) is 0 Å². The van der Waals surface area contributed by atoms with E-state index < -0.39 is 0 Å². The lowest BCUT2D eigenvalue weighted by Crippen LogP contribution is -1.93. The molecule has 0 amide bonds. The van der Waals surface area contributed by atoms with Gasteiger partial charge in [-0.25, -0.2) is 15.0 Å². The summed E-state index contributed by atoms with van der Waals surface area (Å²) in [5.74, 6) is 1.11. The van der Waals surface area contributed by atoms with Crippen molar-refractivity contribution >= 4 is 56.5 Å². The second kappa shape index (κ2) is 6.33. The molecular weight excluding hydrogens is 379 g/mol. The van der Waals surface area contributed by atoms with Gasteiger partial charge in [0.2, 0.25) is 0 Å². The highest BCUT2D eigenvalue weighted by atomic mass is 35.5. The van der Waals surface area contributed by atoms with Crippen LogP contribution < -0.4 is 5.32 Å². The highest BCUT2D eigenvalue weighted by Gasteiger charge is 2.16. The molecule has 3 heterocycles. The van der Waals surface area contributed by atoms with E-state index in [1.165, 1.54) is 11.3 Å². The smallest absolute Gasteiger partial charge is 0.188 e. The number of hydrogen-bond donors (Lipinski definition) is 2. The largest absolute Gasteiger partial charge is 0.335 e. The van der Waals surface area contributed by atoms with Gasteiger partial charge in [0.25, 0.3) is 0 Å². The quantitative estimate of drug-likeness (QED) is 0.516. The SMILES string of the molecule is N#Cc1cc(Cl)c(-c2nc3ccnc(Nc4nccs4)c3[nH]2)c(Cl)c1. The summed E-state index contributed by atoms with van der Waals surface area (Å²) in [6, 6.07) is 6.92. The van der Waals surface area contributed by atoms with Crippen molar-refractivity contribution in [1.29, 1.82) is 5.26 Å². The summed E-state index contributed by atoms with van der Waals surface area (Å²) in [5, 5.41) is 15.5. The first-order valence-electron chi connectivity index (χ1n) is 7.06. The minimum Gasteiger partial charge on any atom is -0.335 e. The number of pyridine rings is 1. The minimum absolute atomic E-state index is 0.352. The number of H-pyrrole nitrogens is 1. The Bertz CT molecular complexity index is 1090. The van der Waals surface area contributed by atoms with Crippen LogP contribution in [-0.4, -0.2) is 19.9 Å². The van der Waals surface area contributed by atoms with Crippen molar-refractivity contribution in [2.75, 3.05) is 5.32 Å². The van der Waals surface area contributed by atoms with Crippen LogP contribution in [0.1, 0.15) is 5.56 Å². The lowest BCUT2D eigenvalue weighted by atomic mass is 10.1. The Kier molecular flexibility index (Phi) is 4.01. The van der Waals surface area contributed by atoms with Crippen LogP contribution in [0, 0.1) is 11.3 Å². The van der Waals surface area contributed by atoms with E-state index in [0.717, 1.165) is 5.13 Å². The highest BCUT2D eigenvalue weighted by molar-refractivity contribution is 7.13. The van der Waals surface area contributed by atoms with Gasteiger partial charge < -0.3 is 10.3 Å². The molecule has 6 nitrogen and oxygen atoms in total. The first-order valence-corrected chi connectivity index (χ1v) is 8.70. The molecule has 0 aliphatic carbocycles. The highest BCUT2D eigenvalue weighted by Crippen LogP contribution is 2.36. The molecule has 0 aliphatic heterocycles. The van der Waals surface area contributed by atoms with Crippen molar-refractivity contribution in [2.45, 2.75) is 0 Å². The number of benzene rings is 1. The van der Waals surface area contributed by atoms with Crippen molar-refractivity contribution in [3.05, 3.63) is 51.6 Å². The number of aromatic nitrogens is 4. The Morgan fingerprint density at radius 2 is 1.96 bits per heavy atom. The van der Waals surface area contributed by atoms with Crippen molar-refractivity contribution in [3.8, 4) is 17.5 Å². The molecule has 0 fully saturated rings. The lowest BCUT2D eigenvalue weighted by Gasteiger charge is -2.04. The Morgan fingerprint density at radius 3 is 2.64 bits per heavy atom. The third-order valence-electron chi connectivity index (χ3n) is 3.47. The van der Waals surface area contributed by atoms with E-state index in [9.17, 15) is 0 Å². The first-order chi connectivity index (χ1) is 12.2. The number of thiazole rings is 1. The lowest BCUT2D eigenvalue weighted by molar-refractivity contribution is 1.29. The summed E-state index contributed by atoms with van der Waals surface area (Å²) in [6.45, 7) is 0. The molecule has 0 saturated heterocycles. The predicted octanol–water partition coefficient (Wildman–Crippen LogP) is 5.00. The summed E-state index contributed by atoms with van der Waals surface area (Å²) < 4.78 is 0. The third kappa shape index (κ3) is 2.91. The van der Waals surface area contributed by atoms with Gasteiger partial charge in [-0.3, -0.25) is 0 Å². The predicted molar refractivity (Wildman–Crippen MR) is 99.5 cm³/mol. The van der Waals surface area contributed by atoms with Gasteiger partial charge in [-0.05, 0) is 18.2 Å². The van der Waals surface area contributed by atoms with E-state index in [1.54, 1.807) is 30.6 Å². The van der Waals surface area contributed by atoms with Gasteiger partial charge in [-0.1, -0.05) is 23.2 Å². The first kappa shape index (κ1) is 15.8. The molecular formula is C16H8Cl2N6S. The van der Waals surface area contributed by atoms with Gasteiger partial charge in [0.05, 0.1) is 32.8 Å². The molecule has 0 spiro atoms. The van der Waals surface area contributed by atoms with E-state index in [-0.39, 0.29) is 0 Å². The van der Waals surface area contributed by atoms with Gasteiger partial charge in [0.1, 0.15) is 11.3 Å². The molecule has 2 N–H and O–H groups in total. The number of imidazole rings is 1. The summed E-state index contributed by atoms with van der Waals surface area (Å²) >= 11 is 14.1. The molecule has 9 heteroatoms. The van der Waals surface area contributed by atoms with Crippen molar-refractivity contribution in [3.63, 3.8) is 0 Å². The van der Waals surface area contributed by atoms with Crippen molar-refractivity contribution < 1.29 is 0 Å². The Morgan fingerprint density at radius 1 is 1.16 bits per heavy atom. The second-order valence-corrected chi connectivity index (χ2v) is 6.74. The molecule has 0 radical (unpaired) electrons. The molecule has 3 aromatic heterocycles. The summed E-state index contributed by atoms with van der Waals surface area (Å²) in [5.41, 5.74) is 2.35. The van der Waals surface area contributed by atoms with Crippen LogP contribution in [0.25, 0.3) is 22.4 Å². The van der Waals surface area contributed by atoms with Gasteiger partial charge in [0, 0.05) is 17.8 Å². The van der Waals surface area contributed by atoms with E-state index in [2.05, 4.69) is 25.3 Å². The zero-order valence-electron chi connectivity index (χ0n) is 12.4. The van der Waals surface area contributed by atoms with Gasteiger partial charge in [-0.15, -0.1) is 11.3 Å². The summed E-state index contributed by atoms with van der Waals surface area (Å²) in [4.78, 5) is 16.3. The average molecular weight is 387 g/mol. The van der Waals surface area contributed by atoms with E-state index in [0.29, 0.717) is 43.8 Å². The number of fused-ring (bicyclic) bond motifs is 1. The van der Waals surface area contributed by atoms with Gasteiger partial charge in [0.15, 0.2) is 10.9 Å². The van der Waals surface area contributed by atoms with Gasteiger partial charge in [-0.2, -0.15) is 5.26 Å². The fraction of sp³-hybridized carbons (Fsp3) is 0. The second-order valence-electron chi connectivity index (χ2n) is 5.03. The Hall–Kier alpha value is -2.66. The van der Waals surface area contributed by atoms with Crippen LogP contribution in [0.4, 0.5) is 10.9 Å². The number of nitriles is 1. The topological polar surface area (TPSA) is 90.3 Å². The normalized spacial score (nSPS) is 10.8. The molecule has 4 rings (SSSR count). The van der Waals surface area contributed by atoms with Crippen molar-refractivity contribution in [1.82, 2.24) is 19.9 Å². The monoisotopic (exact) mass is 386 g/mol. The number of halogens is 2. The summed E-state index contributed by atoms with van der Waals surface area (Å²) in [6.07, 6.45) is 3.37. The maximum absolute atomic E-state index is 9.01. The number of nitrogens with zero attached hydrogens (tertiary/aromatic N) is 4. The minimum atomic E-state index is 0.352. The van der Waals surface area contributed by atoms with E-state index in [1.807, 2.05) is 11.4 Å². The Labute approximate surface area is 156 Å². The van der Waals surface area contributed by atoms with Crippen LogP contribution >= 0.6 is 34.5 Å². The Balaban J connectivity index is 1.84. The zero-order valence-corrected chi connectivity index (χ0v) is 14.7. The fourth-order valence-electron chi connectivity index (χ4n) is 2.40. The molecule has 0 aliphatic rings. The number of hydrogen-bond acceptors (Lipinski definition) is 6.